The zero-order valence-corrected chi connectivity index (χ0v) is 18.3. The minimum Gasteiger partial charge on any atom is -0.483 e. The van der Waals surface area contributed by atoms with Crippen LogP contribution in [0.25, 0.3) is 0 Å². The van der Waals surface area contributed by atoms with Crippen molar-refractivity contribution in [1.82, 2.24) is 14.8 Å². The minimum atomic E-state index is -0.297. The van der Waals surface area contributed by atoms with E-state index in [-0.39, 0.29) is 17.8 Å². The summed E-state index contributed by atoms with van der Waals surface area (Å²) in [5.41, 5.74) is 0.739. The maximum Gasteiger partial charge on any atom is 0.234 e. The van der Waals surface area contributed by atoms with Crippen LogP contribution in [0, 0.1) is 0 Å². The molecule has 1 amide bonds. The molecule has 0 bridgehead atoms. The number of carbonyl (C=O) groups excluding carboxylic acids is 1. The zero-order chi connectivity index (χ0) is 20.6. The largest absolute Gasteiger partial charge is 0.483 e. The third kappa shape index (κ3) is 5.95. The second-order valence-corrected chi connectivity index (χ2v) is 8.02. The number of ether oxygens (including phenoxy) is 1. The molecule has 1 heterocycles. The van der Waals surface area contributed by atoms with E-state index in [1.807, 2.05) is 66.1 Å². The standard InChI is InChI=1S/C21H21BrN4O2S/c1-3-12-26-20(15(2)28-18-10-5-4-6-11-18)24-25-21(26)29-14-19(27)23-17-9-7-8-16(22)13-17/h3-11,13,15H,1,12,14H2,2H3,(H,23,27)/t15-/m1/s1. The second kappa shape index (κ2) is 10.3. The smallest absolute Gasteiger partial charge is 0.234 e. The van der Waals surface area contributed by atoms with Crippen molar-refractivity contribution in [1.29, 1.82) is 0 Å². The number of halogens is 1. The molecule has 1 atom stereocenters. The van der Waals surface area contributed by atoms with Crippen LogP contribution in [0.3, 0.4) is 0 Å². The summed E-state index contributed by atoms with van der Waals surface area (Å²) >= 11 is 4.72. The van der Waals surface area contributed by atoms with Gasteiger partial charge in [-0.25, -0.2) is 0 Å². The summed E-state index contributed by atoms with van der Waals surface area (Å²) in [5.74, 6) is 1.55. The molecule has 0 aliphatic heterocycles. The number of carbonyl (C=O) groups is 1. The van der Waals surface area contributed by atoms with Gasteiger partial charge in [0.15, 0.2) is 17.1 Å². The average Bonchev–Trinajstić information content (AvgIpc) is 3.10. The second-order valence-electron chi connectivity index (χ2n) is 6.16. The van der Waals surface area contributed by atoms with E-state index in [1.54, 1.807) is 6.08 Å². The molecule has 0 radical (unpaired) electrons. The van der Waals surface area contributed by atoms with Gasteiger partial charge in [-0.1, -0.05) is 58.0 Å². The monoisotopic (exact) mass is 472 g/mol. The summed E-state index contributed by atoms with van der Waals surface area (Å²) in [6.07, 6.45) is 1.47. The van der Waals surface area contributed by atoms with Gasteiger partial charge in [-0.3, -0.25) is 9.36 Å². The fraction of sp³-hybridized carbons (Fsp3) is 0.190. The number of hydrogen-bond donors (Lipinski definition) is 1. The molecular weight excluding hydrogens is 452 g/mol. The number of benzene rings is 2. The summed E-state index contributed by atoms with van der Waals surface area (Å²) < 4.78 is 8.79. The molecule has 0 saturated carbocycles. The molecule has 0 spiro atoms. The third-order valence-electron chi connectivity index (χ3n) is 3.92. The van der Waals surface area contributed by atoms with Crippen LogP contribution in [0.5, 0.6) is 5.75 Å². The Balaban J connectivity index is 1.66. The Morgan fingerprint density at radius 2 is 2.07 bits per heavy atom. The number of rotatable bonds is 9. The zero-order valence-electron chi connectivity index (χ0n) is 15.9. The van der Waals surface area contributed by atoms with E-state index >= 15 is 0 Å². The molecule has 6 nitrogen and oxygen atoms in total. The van der Waals surface area contributed by atoms with Crippen molar-refractivity contribution >= 4 is 39.3 Å². The lowest BCUT2D eigenvalue weighted by Crippen LogP contribution is -2.15. The summed E-state index contributed by atoms with van der Waals surface area (Å²) in [4.78, 5) is 12.3. The van der Waals surface area contributed by atoms with Crippen LogP contribution in [0.4, 0.5) is 5.69 Å². The Labute approximate surface area is 182 Å². The van der Waals surface area contributed by atoms with Crippen molar-refractivity contribution in [2.24, 2.45) is 0 Å². The summed E-state index contributed by atoms with van der Waals surface area (Å²) in [6.45, 7) is 6.26. The first kappa shape index (κ1) is 21.1. The lowest BCUT2D eigenvalue weighted by Gasteiger charge is -2.15. The molecule has 150 valence electrons. The number of thioether (sulfide) groups is 1. The van der Waals surface area contributed by atoms with E-state index < -0.39 is 0 Å². The SMILES string of the molecule is C=CCn1c(SCC(=O)Nc2cccc(Br)c2)nnc1[C@@H](C)Oc1ccccc1. The highest BCUT2D eigenvalue weighted by molar-refractivity contribution is 9.10. The van der Waals surface area contributed by atoms with E-state index in [1.165, 1.54) is 11.8 Å². The number of nitrogens with zero attached hydrogens (tertiary/aromatic N) is 3. The quantitative estimate of drug-likeness (QED) is 0.346. The van der Waals surface area contributed by atoms with Gasteiger partial charge < -0.3 is 10.1 Å². The average molecular weight is 473 g/mol. The number of hydrogen-bond acceptors (Lipinski definition) is 5. The fourth-order valence-electron chi connectivity index (χ4n) is 2.66. The van der Waals surface area contributed by atoms with Crippen LogP contribution in [-0.4, -0.2) is 26.4 Å². The summed E-state index contributed by atoms with van der Waals surface area (Å²) in [5, 5.41) is 12.1. The Bertz CT molecular complexity index is 978. The molecule has 0 aliphatic carbocycles. The molecule has 2 aromatic carbocycles. The van der Waals surface area contributed by atoms with Gasteiger partial charge in [0.05, 0.1) is 5.75 Å². The molecule has 1 aromatic heterocycles. The highest BCUT2D eigenvalue weighted by Gasteiger charge is 2.19. The summed E-state index contributed by atoms with van der Waals surface area (Å²) in [6, 6.07) is 17.0. The minimum absolute atomic E-state index is 0.114. The van der Waals surface area contributed by atoms with Crippen molar-refractivity contribution in [2.45, 2.75) is 24.7 Å². The van der Waals surface area contributed by atoms with E-state index in [2.05, 4.69) is 38.0 Å². The molecule has 0 saturated heterocycles. The van der Waals surface area contributed by atoms with Crippen LogP contribution in [-0.2, 0) is 11.3 Å². The molecule has 1 N–H and O–H groups in total. The van der Waals surface area contributed by atoms with E-state index in [9.17, 15) is 4.79 Å². The number of amides is 1. The van der Waals surface area contributed by atoms with Crippen molar-refractivity contribution in [3.8, 4) is 5.75 Å². The molecule has 3 rings (SSSR count). The Morgan fingerprint density at radius 1 is 1.28 bits per heavy atom. The van der Waals surface area contributed by atoms with Gasteiger partial charge in [0.2, 0.25) is 5.91 Å². The van der Waals surface area contributed by atoms with Crippen LogP contribution in [0.1, 0.15) is 18.9 Å². The van der Waals surface area contributed by atoms with Gasteiger partial charge >= 0.3 is 0 Å². The predicted molar refractivity (Wildman–Crippen MR) is 119 cm³/mol. The van der Waals surface area contributed by atoms with Crippen molar-refractivity contribution in [3.63, 3.8) is 0 Å². The molecule has 0 unspecified atom stereocenters. The number of para-hydroxylation sites is 1. The molecule has 0 fully saturated rings. The Hall–Kier alpha value is -2.58. The first-order chi connectivity index (χ1) is 14.1. The van der Waals surface area contributed by atoms with Gasteiger partial charge in [-0.2, -0.15) is 0 Å². The normalized spacial score (nSPS) is 11.7. The van der Waals surface area contributed by atoms with Crippen molar-refractivity contribution in [2.75, 3.05) is 11.1 Å². The maximum atomic E-state index is 12.3. The number of nitrogens with one attached hydrogen (secondary N) is 1. The molecular formula is C21H21BrN4O2S. The summed E-state index contributed by atoms with van der Waals surface area (Å²) in [7, 11) is 0. The fourth-order valence-corrected chi connectivity index (χ4v) is 3.81. The third-order valence-corrected chi connectivity index (χ3v) is 5.38. The van der Waals surface area contributed by atoms with Crippen LogP contribution >= 0.6 is 27.7 Å². The van der Waals surface area contributed by atoms with Crippen molar-refractivity contribution < 1.29 is 9.53 Å². The van der Waals surface area contributed by atoms with E-state index in [0.29, 0.717) is 17.5 Å². The predicted octanol–water partition coefficient (Wildman–Crippen LogP) is 5.10. The first-order valence-corrected chi connectivity index (χ1v) is 10.8. The van der Waals surface area contributed by atoms with Crippen molar-refractivity contribution in [3.05, 3.63) is 77.5 Å². The van der Waals surface area contributed by atoms with Gasteiger partial charge in [-0.15, -0.1) is 16.8 Å². The topological polar surface area (TPSA) is 69.0 Å². The molecule has 3 aromatic rings. The molecule has 0 aliphatic rings. The van der Waals surface area contributed by atoms with Gasteiger partial charge in [0.25, 0.3) is 0 Å². The van der Waals surface area contributed by atoms with E-state index in [0.717, 1.165) is 15.9 Å². The van der Waals surface area contributed by atoms with Crippen LogP contribution in [0.2, 0.25) is 0 Å². The van der Waals surface area contributed by atoms with Gasteiger partial charge in [-0.05, 0) is 37.3 Å². The molecule has 29 heavy (non-hydrogen) atoms. The number of anilines is 1. The number of aromatic nitrogens is 3. The Kier molecular flexibility index (Phi) is 7.48. The van der Waals surface area contributed by atoms with Crippen LogP contribution < -0.4 is 10.1 Å². The van der Waals surface area contributed by atoms with Crippen LogP contribution in [0.15, 0.2) is 76.9 Å². The Morgan fingerprint density at radius 3 is 2.79 bits per heavy atom. The van der Waals surface area contributed by atoms with E-state index in [4.69, 9.17) is 4.74 Å². The van der Waals surface area contributed by atoms with Gasteiger partial charge in [0, 0.05) is 16.7 Å². The maximum absolute atomic E-state index is 12.3. The van der Waals surface area contributed by atoms with Gasteiger partial charge in [0.1, 0.15) is 5.75 Å². The number of allylic oxidation sites excluding steroid dienone is 1. The molecule has 8 heteroatoms. The highest BCUT2D eigenvalue weighted by Crippen LogP contribution is 2.25. The highest BCUT2D eigenvalue weighted by atomic mass is 79.9. The lowest BCUT2D eigenvalue weighted by molar-refractivity contribution is -0.113. The first-order valence-electron chi connectivity index (χ1n) is 9.00. The lowest BCUT2D eigenvalue weighted by atomic mass is 10.3.